The van der Waals surface area contributed by atoms with Crippen LogP contribution in [-0.2, 0) is 9.59 Å². The number of benzene rings is 1. The van der Waals surface area contributed by atoms with Crippen LogP contribution in [0.3, 0.4) is 0 Å². The first-order chi connectivity index (χ1) is 12.1. The molecule has 2 N–H and O–H groups in total. The molecular formula is C20H13NO4. The number of rotatable bonds is 2. The van der Waals surface area contributed by atoms with E-state index in [-0.39, 0.29) is 0 Å². The molecule has 0 spiro atoms. The summed E-state index contributed by atoms with van der Waals surface area (Å²) in [6.07, 6.45) is 5.83. The molecule has 0 radical (unpaired) electrons. The second-order valence-corrected chi connectivity index (χ2v) is 6.41. The Morgan fingerprint density at radius 1 is 1.16 bits per heavy atom. The van der Waals surface area contributed by atoms with E-state index < -0.39 is 17.9 Å². The van der Waals surface area contributed by atoms with Crippen LogP contribution in [0.15, 0.2) is 64.8 Å². The molecule has 5 rings (SSSR count). The molecule has 0 bridgehead atoms. The Morgan fingerprint density at radius 2 is 1.96 bits per heavy atom. The first kappa shape index (κ1) is 14.0. The maximum atomic E-state index is 11.8. The van der Waals surface area contributed by atoms with Gasteiger partial charge in [0.2, 0.25) is 0 Å². The highest BCUT2D eigenvalue weighted by Crippen LogP contribution is 2.54. The van der Waals surface area contributed by atoms with Gasteiger partial charge in [-0.15, -0.1) is 0 Å². The van der Waals surface area contributed by atoms with E-state index in [0.717, 1.165) is 33.3 Å². The lowest BCUT2D eigenvalue weighted by Gasteiger charge is -2.17. The van der Waals surface area contributed by atoms with Gasteiger partial charge in [-0.05, 0) is 35.3 Å². The molecule has 2 aliphatic carbocycles. The number of carbonyl (C=O) groups is 2. The van der Waals surface area contributed by atoms with E-state index in [2.05, 4.69) is 0 Å². The second-order valence-electron chi connectivity index (χ2n) is 6.41. The van der Waals surface area contributed by atoms with Crippen molar-refractivity contribution in [3.63, 3.8) is 0 Å². The predicted octanol–water partition coefficient (Wildman–Crippen LogP) is 3.30. The highest BCUT2D eigenvalue weighted by molar-refractivity contribution is 6.08. The summed E-state index contributed by atoms with van der Waals surface area (Å²) in [4.78, 5) is 23.4. The van der Waals surface area contributed by atoms with Crippen molar-refractivity contribution in [2.24, 2.45) is 5.92 Å². The van der Waals surface area contributed by atoms with Crippen molar-refractivity contribution in [3.8, 4) is 0 Å². The second kappa shape index (κ2) is 4.60. The molecule has 122 valence electrons. The summed E-state index contributed by atoms with van der Waals surface area (Å²) in [5.41, 5.74) is 4.88. The van der Waals surface area contributed by atoms with Gasteiger partial charge in [-0.2, -0.15) is 0 Å². The van der Waals surface area contributed by atoms with Crippen molar-refractivity contribution < 1.29 is 19.8 Å². The maximum absolute atomic E-state index is 11.8. The molecule has 25 heavy (non-hydrogen) atoms. The number of aliphatic carboxylic acids is 2. The molecule has 0 amide bonds. The Labute approximate surface area is 142 Å². The van der Waals surface area contributed by atoms with E-state index in [9.17, 15) is 19.8 Å². The van der Waals surface area contributed by atoms with Gasteiger partial charge in [-0.3, -0.25) is 4.79 Å². The number of nitrogens with zero attached hydrogens (tertiary/aromatic N) is 1. The van der Waals surface area contributed by atoms with Gasteiger partial charge in [-0.1, -0.05) is 30.4 Å². The zero-order valence-corrected chi connectivity index (χ0v) is 13.1. The summed E-state index contributed by atoms with van der Waals surface area (Å²) >= 11 is 0. The molecule has 3 aliphatic rings. The number of hydrogen-bond donors (Lipinski definition) is 2. The normalized spacial score (nSPS) is 20.6. The van der Waals surface area contributed by atoms with E-state index in [1.165, 1.54) is 0 Å². The quantitative estimate of drug-likeness (QED) is 0.885. The van der Waals surface area contributed by atoms with Gasteiger partial charge in [0.05, 0.1) is 16.8 Å². The van der Waals surface area contributed by atoms with Gasteiger partial charge < -0.3 is 14.8 Å². The SMILES string of the molecule is O=C(O)C1=C2C(=C3C(=Cn4c2cc2ccccc24)C3C(=O)O)C=CC1. The lowest BCUT2D eigenvalue weighted by Crippen LogP contribution is -2.10. The van der Waals surface area contributed by atoms with Crippen molar-refractivity contribution in [1.29, 1.82) is 0 Å². The van der Waals surface area contributed by atoms with Crippen LogP contribution in [0.1, 0.15) is 12.1 Å². The maximum Gasteiger partial charge on any atom is 0.332 e. The van der Waals surface area contributed by atoms with E-state index >= 15 is 0 Å². The molecule has 0 saturated heterocycles. The molecular weight excluding hydrogens is 318 g/mol. The van der Waals surface area contributed by atoms with Crippen LogP contribution in [0.2, 0.25) is 0 Å². The molecule has 1 aromatic heterocycles. The predicted molar refractivity (Wildman–Crippen MR) is 92.7 cm³/mol. The molecule has 2 aromatic rings. The number of fused-ring (bicyclic) bond motifs is 6. The van der Waals surface area contributed by atoms with Crippen LogP contribution >= 0.6 is 0 Å². The largest absolute Gasteiger partial charge is 0.481 e. The molecule has 2 heterocycles. The van der Waals surface area contributed by atoms with Gasteiger partial charge in [0.15, 0.2) is 0 Å². The molecule has 5 heteroatoms. The van der Waals surface area contributed by atoms with Gasteiger partial charge in [0, 0.05) is 17.2 Å². The third kappa shape index (κ3) is 1.78. The van der Waals surface area contributed by atoms with Crippen molar-refractivity contribution in [2.45, 2.75) is 6.42 Å². The number of carboxylic acid groups (broad SMARTS) is 2. The molecule has 1 saturated carbocycles. The third-order valence-corrected chi connectivity index (χ3v) is 5.07. The summed E-state index contributed by atoms with van der Waals surface area (Å²) in [6, 6.07) is 9.76. The van der Waals surface area contributed by atoms with E-state index in [1.54, 1.807) is 6.08 Å². The van der Waals surface area contributed by atoms with Gasteiger partial charge in [0.1, 0.15) is 5.92 Å². The average molecular weight is 331 g/mol. The van der Waals surface area contributed by atoms with Crippen LogP contribution in [0, 0.1) is 5.92 Å². The van der Waals surface area contributed by atoms with Crippen LogP contribution in [-0.4, -0.2) is 26.7 Å². The molecule has 1 fully saturated rings. The fourth-order valence-corrected chi connectivity index (χ4v) is 3.95. The van der Waals surface area contributed by atoms with Crippen molar-refractivity contribution >= 4 is 34.6 Å². The van der Waals surface area contributed by atoms with Crippen molar-refractivity contribution in [1.82, 2.24) is 4.57 Å². The van der Waals surface area contributed by atoms with Crippen LogP contribution in [0.5, 0.6) is 0 Å². The standard InChI is InChI=1S/C20H13NO4/c22-19(23)12-6-3-5-11-16(12)15-8-10-4-1-2-7-14(10)21(15)9-13-17(11)18(13)20(24)25/h1-5,7-9,18H,6H2,(H,22,23)(H,24,25). The molecule has 1 atom stereocenters. The van der Waals surface area contributed by atoms with Crippen LogP contribution in [0.4, 0.5) is 0 Å². The molecule has 5 nitrogen and oxygen atoms in total. The monoisotopic (exact) mass is 331 g/mol. The van der Waals surface area contributed by atoms with Gasteiger partial charge in [-0.25, -0.2) is 4.79 Å². The Kier molecular flexibility index (Phi) is 2.58. The number of aromatic nitrogens is 1. The van der Waals surface area contributed by atoms with Gasteiger partial charge in [0.25, 0.3) is 0 Å². The molecule has 1 unspecified atom stereocenters. The molecule has 1 aromatic carbocycles. The lowest BCUT2D eigenvalue weighted by atomic mass is 9.89. The summed E-state index contributed by atoms with van der Waals surface area (Å²) < 4.78 is 1.93. The fourth-order valence-electron chi connectivity index (χ4n) is 3.95. The Morgan fingerprint density at radius 3 is 2.72 bits per heavy atom. The summed E-state index contributed by atoms with van der Waals surface area (Å²) in [5.74, 6) is -2.52. The summed E-state index contributed by atoms with van der Waals surface area (Å²) in [6.45, 7) is 0. The first-order valence-corrected chi connectivity index (χ1v) is 8.00. The Hall–Kier alpha value is -3.34. The topological polar surface area (TPSA) is 79.5 Å². The van der Waals surface area contributed by atoms with Crippen molar-refractivity contribution in [2.75, 3.05) is 0 Å². The minimum Gasteiger partial charge on any atom is -0.481 e. The Bertz CT molecular complexity index is 1120. The van der Waals surface area contributed by atoms with Crippen LogP contribution < -0.4 is 0 Å². The lowest BCUT2D eigenvalue weighted by molar-refractivity contribution is -0.137. The first-order valence-electron chi connectivity index (χ1n) is 8.00. The van der Waals surface area contributed by atoms with E-state index in [0.29, 0.717) is 17.6 Å². The number of carboxylic acids is 2. The minimum absolute atomic E-state index is 0.305. The number of allylic oxidation sites excluding steroid dienone is 4. The Balaban J connectivity index is 1.92. The summed E-state index contributed by atoms with van der Waals surface area (Å²) in [7, 11) is 0. The van der Waals surface area contributed by atoms with Crippen molar-refractivity contribution in [3.05, 3.63) is 70.5 Å². The third-order valence-electron chi connectivity index (χ3n) is 5.07. The van der Waals surface area contributed by atoms with E-state index in [4.69, 9.17) is 0 Å². The summed E-state index contributed by atoms with van der Waals surface area (Å²) in [5, 5.41) is 20.2. The smallest absolute Gasteiger partial charge is 0.332 e. The fraction of sp³-hybridized carbons (Fsp3) is 0.100. The zero-order valence-electron chi connectivity index (χ0n) is 13.1. The number of para-hydroxylation sites is 1. The highest BCUT2D eigenvalue weighted by Gasteiger charge is 2.48. The number of hydrogen-bond acceptors (Lipinski definition) is 2. The highest BCUT2D eigenvalue weighted by atomic mass is 16.4. The minimum atomic E-state index is -0.967. The molecule has 1 aliphatic heterocycles. The van der Waals surface area contributed by atoms with Crippen LogP contribution in [0.25, 0.3) is 22.7 Å². The van der Waals surface area contributed by atoms with E-state index in [1.807, 2.05) is 47.2 Å². The average Bonchev–Trinajstić information content (AvgIpc) is 3.23. The van der Waals surface area contributed by atoms with Gasteiger partial charge >= 0.3 is 11.9 Å². The zero-order chi connectivity index (χ0) is 17.3.